The van der Waals surface area contributed by atoms with Crippen molar-refractivity contribution in [2.75, 3.05) is 32.6 Å². The van der Waals surface area contributed by atoms with Crippen LogP contribution in [0, 0.1) is 0 Å². The summed E-state index contributed by atoms with van der Waals surface area (Å²) in [6, 6.07) is 7.69. The molecule has 19 heavy (non-hydrogen) atoms. The standard InChI is InChI=1S/C12H18N2O3.C2H6/c1-13-11-5-3-10(4-6-11)9-17-12(15)14-7-8-16-2;1-2/h3-6,13H,7-9H2,1-2H3,(H,14,15);1-2H3. The molecule has 0 saturated carbocycles. The first-order chi connectivity index (χ1) is 9.26. The number of amides is 1. The molecule has 0 radical (unpaired) electrons. The number of benzene rings is 1. The fraction of sp³-hybridized carbons (Fsp3) is 0.500. The Morgan fingerprint density at radius 1 is 1.21 bits per heavy atom. The molecule has 0 saturated heterocycles. The predicted octanol–water partition coefficient (Wildman–Crippen LogP) is 2.63. The number of ether oxygens (including phenoxy) is 2. The molecule has 1 aromatic rings. The molecule has 1 amide bonds. The number of rotatable bonds is 6. The van der Waals surface area contributed by atoms with Crippen molar-refractivity contribution >= 4 is 11.8 Å². The van der Waals surface area contributed by atoms with Crippen LogP contribution in [0.2, 0.25) is 0 Å². The normalized spacial score (nSPS) is 9.05. The summed E-state index contributed by atoms with van der Waals surface area (Å²) in [4.78, 5) is 11.2. The summed E-state index contributed by atoms with van der Waals surface area (Å²) in [6.45, 7) is 5.20. The molecule has 0 spiro atoms. The van der Waals surface area contributed by atoms with Crippen molar-refractivity contribution in [3.05, 3.63) is 29.8 Å². The number of carbonyl (C=O) groups is 1. The van der Waals surface area contributed by atoms with Crippen molar-refractivity contribution in [3.63, 3.8) is 0 Å². The Balaban J connectivity index is 0.00000154. The molecule has 5 heteroatoms. The van der Waals surface area contributed by atoms with Crippen LogP contribution in [0.4, 0.5) is 10.5 Å². The van der Waals surface area contributed by atoms with Crippen molar-refractivity contribution in [1.82, 2.24) is 5.32 Å². The molecule has 108 valence electrons. The number of nitrogens with one attached hydrogen (secondary N) is 2. The van der Waals surface area contributed by atoms with E-state index in [0.29, 0.717) is 13.2 Å². The van der Waals surface area contributed by atoms with Crippen molar-refractivity contribution in [2.24, 2.45) is 0 Å². The minimum Gasteiger partial charge on any atom is -0.445 e. The van der Waals surface area contributed by atoms with Gasteiger partial charge in [-0.05, 0) is 17.7 Å². The smallest absolute Gasteiger partial charge is 0.407 e. The molecular formula is C14H24N2O3. The lowest BCUT2D eigenvalue weighted by Gasteiger charge is -2.07. The first kappa shape index (κ1) is 17.2. The second-order valence-electron chi connectivity index (χ2n) is 3.44. The Hall–Kier alpha value is -1.75. The van der Waals surface area contributed by atoms with Gasteiger partial charge in [0, 0.05) is 26.4 Å². The molecular weight excluding hydrogens is 244 g/mol. The minimum absolute atomic E-state index is 0.267. The highest BCUT2D eigenvalue weighted by molar-refractivity contribution is 5.67. The molecule has 0 aliphatic rings. The van der Waals surface area contributed by atoms with E-state index in [1.165, 1.54) is 0 Å². The Kier molecular flexibility index (Phi) is 10.3. The zero-order valence-corrected chi connectivity index (χ0v) is 12.2. The molecule has 2 N–H and O–H groups in total. The van der Waals surface area contributed by atoms with Gasteiger partial charge in [0.15, 0.2) is 0 Å². The Morgan fingerprint density at radius 2 is 1.84 bits per heavy atom. The Labute approximate surface area is 115 Å². The SMILES string of the molecule is CC.CNc1ccc(COC(=O)NCCOC)cc1. The van der Waals surface area contributed by atoms with Gasteiger partial charge in [-0.1, -0.05) is 26.0 Å². The lowest BCUT2D eigenvalue weighted by molar-refractivity contribution is 0.133. The molecule has 0 bridgehead atoms. The maximum absolute atomic E-state index is 11.2. The zero-order valence-electron chi connectivity index (χ0n) is 12.2. The van der Waals surface area contributed by atoms with Crippen LogP contribution in [0.3, 0.4) is 0 Å². The Bertz CT molecular complexity index is 339. The van der Waals surface area contributed by atoms with E-state index in [2.05, 4.69) is 10.6 Å². The first-order valence-electron chi connectivity index (χ1n) is 6.42. The second-order valence-corrected chi connectivity index (χ2v) is 3.44. The molecule has 1 rings (SSSR count). The van der Waals surface area contributed by atoms with E-state index >= 15 is 0 Å². The molecule has 0 fully saturated rings. The molecule has 5 nitrogen and oxygen atoms in total. The van der Waals surface area contributed by atoms with Crippen LogP contribution in [0.5, 0.6) is 0 Å². The van der Waals surface area contributed by atoms with Gasteiger partial charge < -0.3 is 20.1 Å². The summed E-state index contributed by atoms with van der Waals surface area (Å²) in [5.74, 6) is 0. The van der Waals surface area contributed by atoms with E-state index < -0.39 is 6.09 Å². The van der Waals surface area contributed by atoms with Gasteiger partial charge in [-0.25, -0.2) is 4.79 Å². The highest BCUT2D eigenvalue weighted by Gasteiger charge is 2.01. The van der Waals surface area contributed by atoms with E-state index in [1.807, 2.05) is 45.2 Å². The van der Waals surface area contributed by atoms with E-state index in [-0.39, 0.29) is 6.61 Å². The molecule has 0 heterocycles. The number of anilines is 1. The second kappa shape index (κ2) is 11.3. The van der Waals surface area contributed by atoms with Crippen LogP contribution in [0.1, 0.15) is 19.4 Å². The predicted molar refractivity (Wildman–Crippen MR) is 77.4 cm³/mol. The highest BCUT2D eigenvalue weighted by atomic mass is 16.5. The number of alkyl carbamates (subject to hydrolysis) is 1. The maximum Gasteiger partial charge on any atom is 0.407 e. The summed E-state index contributed by atoms with van der Waals surface area (Å²) < 4.78 is 9.83. The van der Waals surface area contributed by atoms with Crippen LogP contribution < -0.4 is 10.6 Å². The van der Waals surface area contributed by atoms with Crippen molar-refractivity contribution in [3.8, 4) is 0 Å². The summed E-state index contributed by atoms with van der Waals surface area (Å²) in [5.41, 5.74) is 1.98. The van der Waals surface area contributed by atoms with Crippen LogP contribution >= 0.6 is 0 Å². The van der Waals surface area contributed by atoms with E-state index in [9.17, 15) is 4.79 Å². The third kappa shape index (κ3) is 8.05. The molecule has 0 aliphatic carbocycles. The minimum atomic E-state index is -0.431. The van der Waals surface area contributed by atoms with Gasteiger partial charge in [0.05, 0.1) is 6.61 Å². The van der Waals surface area contributed by atoms with Gasteiger partial charge in [0.25, 0.3) is 0 Å². The monoisotopic (exact) mass is 268 g/mol. The van der Waals surface area contributed by atoms with Crippen molar-refractivity contribution in [1.29, 1.82) is 0 Å². The van der Waals surface area contributed by atoms with E-state index in [4.69, 9.17) is 9.47 Å². The topological polar surface area (TPSA) is 59.6 Å². The number of hydrogen-bond donors (Lipinski definition) is 2. The fourth-order valence-electron chi connectivity index (χ4n) is 1.22. The molecule has 0 aliphatic heterocycles. The van der Waals surface area contributed by atoms with Crippen LogP contribution in [-0.4, -0.2) is 33.4 Å². The van der Waals surface area contributed by atoms with Gasteiger partial charge >= 0.3 is 6.09 Å². The number of hydrogen-bond acceptors (Lipinski definition) is 4. The van der Waals surface area contributed by atoms with Crippen molar-refractivity contribution in [2.45, 2.75) is 20.5 Å². The summed E-state index contributed by atoms with van der Waals surface area (Å²) in [7, 11) is 3.44. The largest absolute Gasteiger partial charge is 0.445 e. The maximum atomic E-state index is 11.2. The molecule has 1 aromatic carbocycles. The fourth-order valence-corrected chi connectivity index (χ4v) is 1.22. The average molecular weight is 268 g/mol. The number of carbonyl (C=O) groups excluding carboxylic acids is 1. The lowest BCUT2D eigenvalue weighted by Crippen LogP contribution is -2.27. The van der Waals surface area contributed by atoms with E-state index in [1.54, 1.807) is 7.11 Å². The number of methoxy groups -OCH3 is 1. The summed E-state index contributed by atoms with van der Waals surface area (Å²) in [5, 5.41) is 5.60. The van der Waals surface area contributed by atoms with Gasteiger partial charge in [0.1, 0.15) is 6.61 Å². The van der Waals surface area contributed by atoms with Gasteiger partial charge in [-0.3, -0.25) is 0 Å². The highest BCUT2D eigenvalue weighted by Crippen LogP contribution is 2.09. The van der Waals surface area contributed by atoms with Gasteiger partial charge in [0.2, 0.25) is 0 Å². The summed E-state index contributed by atoms with van der Waals surface area (Å²) >= 11 is 0. The summed E-state index contributed by atoms with van der Waals surface area (Å²) in [6.07, 6.45) is -0.431. The average Bonchev–Trinajstić information content (AvgIpc) is 2.48. The molecule has 0 atom stereocenters. The molecule has 0 aromatic heterocycles. The van der Waals surface area contributed by atoms with Crippen LogP contribution in [0.15, 0.2) is 24.3 Å². The quantitative estimate of drug-likeness (QED) is 0.779. The Morgan fingerprint density at radius 3 is 2.37 bits per heavy atom. The zero-order chi connectivity index (χ0) is 14.5. The van der Waals surface area contributed by atoms with Gasteiger partial charge in [-0.2, -0.15) is 0 Å². The first-order valence-corrected chi connectivity index (χ1v) is 6.42. The van der Waals surface area contributed by atoms with Crippen LogP contribution in [-0.2, 0) is 16.1 Å². The lowest BCUT2D eigenvalue weighted by atomic mass is 10.2. The van der Waals surface area contributed by atoms with E-state index in [0.717, 1.165) is 11.3 Å². The van der Waals surface area contributed by atoms with Crippen LogP contribution in [0.25, 0.3) is 0 Å². The molecule has 0 unspecified atom stereocenters. The third-order valence-electron chi connectivity index (χ3n) is 2.19. The van der Waals surface area contributed by atoms with Crippen molar-refractivity contribution < 1.29 is 14.3 Å². The third-order valence-corrected chi connectivity index (χ3v) is 2.19. The van der Waals surface area contributed by atoms with Gasteiger partial charge in [-0.15, -0.1) is 0 Å².